The summed E-state index contributed by atoms with van der Waals surface area (Å²) in [6, 6.07) is 8.67. The van der Waals surface area contributed by atoms with Crippen molar-refractivity contribution in [1.82, 2.24) is 14.9 Å². The fourth-order valence-corrected chi connectivity index (χ4v) is 4.27. The Bertz CT molecular complexity index is 805. The highest BCUT2D eigenvalue weighted by atomic mass is 32.1. The summed E-state index contributed by atoms with van der Waals surface area (Å²) in [5, 5.41) is 14.9. The van der Waals surface area contributed by atoms with Crippen molar-refractivity contribution in [2.24, 2.45) is 0 Å². The van der Waals surface area contributed by atoms with Gasteiger partial charge in [0, 0.05) is 18.1 Å². The summed E-state index contributed by atoms with van der Waals surface area (Å²) in [5.41, 5.74) is -0.547. The molecule has 1 N–H and O–H groups in total. The van der Waals surface area contributed by atoms with Crippen LogP contribution >= 0.6 is 11.3 Å². The number of ether oxygens (including phenoxy) is 2. The van der Waals surface area contributed by atoms with Crippen LogP contribution in [0.3, 0.4) is 0 Å². The van der Waals surface area contributed by atoms with Gasteiger partial charge >= 0.3 is 6.09 Å². The number of thiazole rings is 1. The van der Waals surface area contributed by atoms with E-state index in [9.17, 15) is 10.0 Å². The molecule has 1 aliphatic heterocycles. The van der Waals surface area contributed by atoms with Crippen molar-refractivity contribution in [2.75, 3.05) is 6.61 Å². The van der Waals surface area contributed by atoms with E-state index in [0.717, 1.165) is 5.56 Å². The van der Waals surface area contributed by atoms with E-state index in [1.54, 1.807) is 11.1 Å². The summed E-state index contributed by atoms with van der Waals surface area (Å²) in [6.45, 7) is 9.71. The molecule has 3 rings (SSSR count). The molecule has 0 spiro atoms. The van der Waals surface area contributed by atoms with Crippen LogP contribution in [0.1, 0.15) is 51.2 Å². The maximum absolute atomic E-state index is 13.0. The lowest BCUT2D eigenvalue weighted by atomic mass is 10.1. The highest BCUT2D eigenvalue weighted by Crippen LogP contribution is 2.38. The molecule has 1 aromatic carbocycles. The Hall–Kier alpha value is -2.00. The molecule has 0 aliphatic carbocycles. The van der Waals surface area contributed by atoms with Crippen LogP contribution in [0.4, 0.5) is 4.79 Å². The molecule has 0 saturated carbocycles. The fraction of sp³-hybridized carbons (Fsp3) is 0.524. The molecule has 158 valence electrons. The number of carbonyl (C=O) groups is 1. The number of rotatable bonds is 5. The largest absolute Gasteiger partial charge is 0.444 e. The summed E-state index contributed by atoms with van der Waals surface area (Å²) in [4.78, 5) is 19.1. The van der Waals surface area contributed by atoms with E-state index in [1.165, 1.54) is 16.4 Å². The molecule has 1 amide bonds. The molecule has 0 unspecified atom stereocenters. The molecule has 1 aliphatic rings. The average molecular weight is 420 g/mol. The van der Waals surface area contributed by atoms with E-state index in [2.05, 4.69) is 4.98 Å². The van der Waals surface area contributed by atoms with Crippen molar-refractivity contribution >= 4 is 17.4 Å². The van der Waals surface area contributed by atoms with Crippen molar-refractivity contribution in [1.29, 1.82) is 0 Å². The molecule has 8 heteroatoms. The molecule has 29 heavy (non-hydrogen) atoms. The van der Waals surface area contributed by atoms with E-state index in [4.69, 9.17) is 9.47 Å². The smallest absolute Gasteiger partial charge is 0.412 e. The molecular formula is C21H29N3O4S. The zero-order chi connectivity index (χ0) is 21.2. The van der Waals surface area contributed by atoms with Gasteiger partial charge in [-0.2, -0.15) is 5.06 Å². The van der Waals surface area contributed by atoms with Gasteiger partial charge in [-0.25, -0.2) is 9.78 Å². The molecule has 0 radical (unpaired) electrons. The van der Waals surface area contributed by atoms with Gasteiger partial charge in [-0.15, -0.1) is 11.3 Å². The lowest BCUT2D eigenvalue weighted by molar-refractivity contribution is -0.154. The Morgan fingerprint density at radius 1 is 1.41 bits per heavy atom. The molecule has 2 atom stereocenters. The number of hydroxylamine groups is 2. The molecule has 1 fully saturated rings. The fourth-order valence-electron chi connectivity index (χ4n) is 3.47. The molecular weight excluding hydrogens is 390 g/mol. The van der Waals surface area contributed by atoms with Crippen LogP contribution in [0.5, 0.6) is 0 Å². The molecule has 2 heterocycles. The predicted octanol–water partition coefficient (Wildman–Crippen LogP) is 4.45. The van der Waals surface area contributed by atoms with Gasteiger partial charge in [0.15, 0.2) is 0 Å². The standard InChI is InChI=1S/C21H29N3O4S/c1-20(2,3)28-19(25)24-16(14-27-21(24,4)5)17(18-22-11-12-29-18)23(26)13-15-9-7-6-8-10-15/h6-12,16-17,26H,13-14H2,1-5H3/t16-,17+/m0/s1. The second kappa shape index (κ2) is 8.39. The van der Waals surface area contributed by atoms with Crippen LogP contribution in [-0.2, 0) is 16.0 Å². The Morgan fingerprint density at radius 2 is 2.10 bits per heavy atom. The zero-order valence-corrected chi connectivity index (χ0v) is 18.3. The molecule has 2 aromatic rings. The van der Waals surface area contributed by atoms with E-state index >= 15 is 0 Å². The number of amides is 1. The third-order valence-electron chi connectivity index (χ3n) is 4.69. The van der Waals surface area contributed by atoms with Gasteiger partial charge in [0.2, 0.25) is 0 Å². The van der Waals surface area contributed by atoms with E-state index < -0.39 is 29.5 Å². The van der Waals surface area contributed by atoms with Gasteiger partial charge < -0.3 is 14.7 Å². The minimum absolute atomic E-state index is 0.266. The predicted molar refractivity (Wildman–Crippen MR) is 111 cm³/mol. The number of hydrogen-bond donors (Lipinski definition) is 1. The Balaban J connectivity index is 1.92. The van der Waals surface area contributed by atoms with Crippen molar-refractivity contribution in [3.05, 3.63) is 52.5 Å². The maximum atomic E-state index is 13.0. The normalized spacial score (nSPS) is 20.1. The molecule has 1 aromatic heterocycles. The summed E-state index contributed by atoms with van der Waals surface area (Å²) in [7, 11) is 0. The maximum Gasteiger partial charge on any atom is 0.412 e. The van der Waals surface area contributed by atoms with Crippen molar-refractivity contribution in [2.45, 2.75) is 64.6 Å². The minimum atomic E-state index is -0.865. The second-order valence-electron chi connectivity index (χ2n) is 8.57. The quantitative estimate of drug-likeness (QED) is 0.722. The topological polar surface area (TPSA) is 75.1 Å². The Labute approximate surface area is 175 Å². The number of carbonyl (C=O) groups excluding carboxylic acids is 1. The van der Waals surface area contributed by atoms with Gasteiger partial charge in [-0.1, -0.05) is 30.3 Å². The van der Waals surface area contributed by atoms with Gasteiger partial charge in [0.25, 0.3) is 0 Å². The van der Waals surface area contributed by atoms with E-state index in [0.29, 0.717) is 11.6 Å². The van der Waals surface area contributed by atoms with Crippen molar-refractivity contribution in [3.8, 4) is 0 Å². The molecule has 7 nitrogen and oxygen atoms in total. The first-order chi connectivity index (χ1) is 13.6. The summed E-state index contributed by atoms with van der Waals surface area (Å²) in [5.74, 6) is 0. The third-order valence-corrected chi connectivity index (χ3v) is 5.53. The number of nitrogens with zero attached hydrogens (tertiary/aromatic N) is 3. The summed E-state index contributed by atoms with van der Waals surface area (Å²) < 4.78 is 11.6. The van der Waals surface area contributed by atoms with Crippen LogP contribution in [0.25, 0.3) is 0 Å². The van der Waals surface area contributed by atoms with Crippen LogP contribution in [0.15, 0.2) is 41.9 Å². The van der Waals surface area contributed by atoms with Gasteiger partial charge in [-0.3, -0.25) is 4.90 Å². The average Bonchev–Trinajstić information content (AvgIpc) is 3.23. The molecule has 1 saturated heterocycles. The first kappa shape index (κ1) is 21.7. The Kier molecular flexibility index (Phi) is 6.28. The minimum Gasteiger partial charge on any atom is -0.444 e. The lowest BCUT2D eigenvalue weighted by Gasteiger charge is -2.39. The van der Waals surface area contributed by atoms with Crippen LogP contribution in [0.2, 0.25) is 0 Å². The van der Waals surface area contributed by atoms with E-state index in [-0.39, 0.29) is 6.61 Å². The summed E-state index contributed by atoms with van der Waals surface area (Å²) >= 11 is 1.44. The molecule has 0 bridgehead atoms. The zero-order valence-electron chi connectivity index (χ0n) is 17.5. The van der Waals surface area contributed by atoms with E-state index in [1.807, 2.05) is 70.3 Å². The van der Waals surface area contributed by atoms with Crippen molar-refractivity contribution in [3.63, 3.8) is 0 Å². The SMILES string of the molecule is CC(C)(C)OC(=O)N1[C@H]([C@H](c2nccs2)N(O)Cc2ccccc2)COC1(C)C. The highest BCUT2D eigenvalue weighted by Gasteiger charge is 2.51. The second-order valence-corrected chi connectivity index (χ2v) is 9.50. The first-order valence-electron chi connectivity index (χ1n) is 9.63. The number of hydrogen-bond acceptors (Lipinski definition) is 7. The lowest BCUT2D eigenvalue weighted by Crippen LogP contribution is -2.53. The van der Waals surface area contributed by atoms with Crippen LogP contribution in [0, 0.1) is 0 Å². The van der Waals surface area contributed by atoms with Gasteiger partial charge in [-0.05, 0) is 40.2 Å². The highest BCUT2D eigenvalue weighted by molar-refractivity contribution is 7.09. The van der Waals surface area contributed by atoms with Gasteiger partial charge in [0.1, 0.15) is 22.4 Å². The summed E-state index contributed by atoms with van der Waals surface area (Å²) in [6.07, 6.45) is 1.22. The number of benzene rings is 1. The third kappa shape index (κ3) is 5.14. The van der Waals surface area contributed by atoms with Crippen LogP contribution in [-0.4, -0.2) is 50.2 Å². The number of aromatic nitrogens is 1. The monoisotopic (exact) mass is 419 g/mol. The van der Waals surface area contributed by atoms with Crippen molar-refractivity contribution < 1.29 is 19.5 Å². The Morgan fingerprint density at radius 3 is 2.69 bits per heavy atom. The van der Waals surface area contributed by atoms with Gasteiger partial charge in [0.05, 0.1) is 12.6 Å². The first-order valence-corrected chi connectivity index (χ1v) is 10.5. The van der Waals surface area contributed by atoms with Crippen LogP contribution < -0.4 is 0 Å².